The van der Waals surface area contributed by atoms with E-state index >= 15 is 0 Å². The van der Waals surface area contributed by atoms with Crippen LogP contribution in [0.15, 0.2) is 0 Å². The standard InChI is InChI=1S/C2H5.2CH3.Bi/c1-2;;;/h1H2,2H3;2*1H3;. The van der Waals surface area contributed by atoms with Crippen LogP contribution in [0.4, 0.5) is 0 Å². The van der Waals surface area contributed by atoms with Gasteiger partial charge in [-0.2, -0.15) is 0 Å². The van der Waals surface area contributed by atoms with Crippen LogP contribution in [0.3, 0.4) is 0 Å². The van der Waals surface area contributed by atoms with Gasteiger partial charge in [0.1, 0.15) is 0 Å². The first-order valence-corrected chi connectivity index (χ1v) is 11.3. The van der Waals surface area contributed by atoms with Gasteiger partial charge in [0, 0.05) is 0 Å². The summed E-state index contributed by atoms with van der Waals surface area (Å²) in [6.45, 7) is 2.29. The summed E-state index contributed by atoms with van der Waals surface area (Å²) in [6, 6.07) is 0. The Bertz CT molecular complexity index is 17.6. The molecule has 0 fully saturated rings. The van der Waals surface area contributed by atoms with Crippen molar-refractivity contribution in [2.45, 2.75) is 20.3 Å². The molecule has 32 valence electrons. The van der Waals surface area contributed by atoms with Crippen LogP contribution in [0.1, 0.15) is 6.92 Å². The quantitative estimate of drug-likeness (QED) is 0.636. The summed E-state index contributed by atoms with van der Waals surface area (Å²) in [5, 5.41) is 0. The molecule has 0 radical (unpaired) electrons. The molecule has 0 aromatic rings. The fourth-order valence-electron chi connectivity index (χ4n) is 0. The Hall–Kier alpha value is 0.883. The summed E-state index contributed by atoms with van der Waals surface area (Å²) in [5.41, 5.74) is 0. The maximum absolute atomic E-state index is 2.43. The van der Waals surface area contributed by atoms with E-state index in [0.717, 1.165) is 0 Å². The maximum atomic E-state index is 2.43. The van der Waals surface area contributed by atoms with E-state index in [2.05, 4.69) is 16.2 Å². The van der Waals surface area contributed by atoms with Crippen LogP contribution in [-0.2, 0) is 0 Å². The molecule has 0 saturated heterocycles. The van der Waals surface area contributed by atoms with Crippen molar-refractivity contribution in [3.63, 3.8) is 0 Å². The Balaban J connectivity index is 2.54. The van der Waals surface area contributed by atoms with E-state index in [1.54, 1.807) is 0 Å². The molecule has 0 aliphatic rings. The van der Waals surface area contributed by atoms with E-state index < -0.39 is 21.8 Å². The summed E-state index contributed by atoms with van der Waals surface area (Å²) in [5.74, 6) is 0. The third-order valence-electron chi connectivity index (χ3n) is 0.632. The van der Waals surface area contributed by atoms with Crippen LogP contribution in [0, 0.1) is 0 Å². The van der Waals surface area contributed by atoms with Crippen LogP contribution in [0.25, 0.3) is 0 Å². The van der Waals surface area contributed by atoms with Gasteiger partial charge in [0.2, 0.25) is 0 Å². The molecule has 0 rings (SSSR count). The normalized spacial score (nSPS) is 9.60. The molecule has 0 N–H and O–H groups in total. The van der Waals surface area contributed by atoms with Crippen molar-refractivity contribution in [3.8, 4) is 0 Å². The van der Waals surface area contributed by atoms with Crippen LogP contribution in [0.2, 0.25) is 13.4 Å². The second-order valence-electron chi connectivity index (χ2n) is 1.40. The van der Waals surface area contributed by atoms with Crippen LogP contribution >= 0.6 is 0 Å². The summed E-state index contributed by atoms with van der Waals surface area (Å²) >= 11 is -0.632. The fraction of sp³-hybridized carbons (Fsp3) is 1.00. The molecule has 0 aliphatic carbocycles. The molecule has 0 heterocycles. The molecule has 0 nitrogen and oxygen atoms in total. The SMILES string of the molecule is C[CH2][Bi]([CH3])[CH3]. The summed E-state index contributed by atoms with van der Waals surface area (Å²) < 4.78 is 6.36. The van der Waals surface area contributed by atoms with E-state index in [0.29, 0.717) is 0 Å². The predicted molar refractivity (Wildman–Crippen MR) is 28.0 cm³/mol. The zero-order valence-corrected chi connectivity index (χ0v) is 7.63. The molecule has 5 heavy (non-hydrogen) atoms. The first kappa shape index (κ1) is 5.88. The topological polar surface area (TPSA) is 0 Å². The van der Waals surface area contributed by atoms with E-state index in [-0.39, 0.29) is 0 Å². The van der Waals surface area contributed by atoms with Gasteiger partial charge in [-0.1, -0.05) is 0 Å². The molecule has 0 aliphatic heterocycles. The van der Waals surface area contributed by atoms with Crippen molar-refractivity contribution in [1.82, 2.24) is 0 Å². The average Bonchev–Trinajstić information content (AvgIpc) is 1.38. The van der Waals surface area contributed by atoms with E-state index in [1.165, 1.54) is 4.13 Å². The number of rotatable bonds is 1. The Morgan fingerprint density at radius 2 is 1.60 bits per heavy atom. The zero-order valence-electron chi connectivity index (χ0n) is 4.15. The van der Waals surface area contributed by atoms with Crippen LogP contribution in [0.5, 0.6) is 0 Å². The molecular formula is C4H11Bi. The minimum atomic E-state index is -0.632. The molecule has 1 heteroatoms. The number of hydrogen-bond donors (Lipinski definition) is 0. The molecule has 0 bridgehead atoms. The second-order valence-corrected chi connectivity index (χ2v) is 12.2. The summed E-state index contributed by atoms with van der Waals surface area (Å²) in [4.78, 5) is 0. The van der Waals surface area contributed by atoms with Crippen molar-refractivity contribution >= 4 is 21.8 Å². The number of hydrogen-bond acceptors (Lipinski definition) is 0. The van der Waals surface area contributed by atoms with E-state index in [1.807, 2.05) is 0 Å². The van der Waals surface area contributed by atoms with Gasteiger partial charge in [0.05, 0.1) is 0 Å². The fourth-order valence-corrected chi connectivity index (χ4v) is 0. The van der Waals surface area contributed by atoms with Gasteiger partial charge in [0.25, 0.3) is 0 Å². The van der Waals surface area contributed by atoms with Crippen molar-refractivity contribution in [3.05, 3.63) is 0 Å². The van der Waals surface area contributed by atoms with Gasteiger partial charge in [-0.25, -0.2) is 0 Å². The van der Waals surface area contributed by atoms with Crippen molar-refractivity contribution < 1.29 is 0 Å². The van der Waals surface area contributed by atoms with Gasteiger partial charge in [-0.3, -0.25) is 0 Å². The van der Waals surface area contributed by atoms with Crippen molar-refractivity contribution in [1.29, 1.82) is 0 Å². The third kappa shape index (κ3) is 4.88. The summed E-state index contributed by atoms with van der Waals surface area (Å²) in [7, 11) is 0. The van der Waals surface area contributed by atoms with Gasteiger partial charge in [0.15, 0.2) is 0 Å². The van der Waals surface area contributed by atoms with Gasteiger partial charge in [-0.05, 0) is 0 Å². The summed E-state index contributed by atoms with van der Waals surface area (Å²) in [6.07, 6.45) is 0. The molecule has 0 unspecified atom stereocenters. The Morgan fingerprint density at radius 1 is 1.40 bits per heavy atom. The Kier molecular flexibility index (Phi) is 3.63. The van der Waals surface area contributed by atoms with E-state index in [9.17, 15) is 0 Å². The molecule has 0 amide bonds. The van der Waals surface area contributed by atoms with Crippen molar-refractivity contribution in [2.75, 3.05) is 0 Å². The van der Waals surface area contributed by atoms with E-state index in [4.69, 9.17) is 0 Å². The first-order chi connectivity index (χ1) is 2.27. The average molecular weight is 268 g/mol. The molecule has 0 saturated carbocycles. The predicted octanol–water partition coefficient (Wildman–Crippen LogP) is 1.76. The molecule has 0 aromatic carbocycles. The molecule has 0 atom stereocenters. The monoisotopic (exact) mass is 268 g/mol. The Morgan fingerprint density at radius 3 is 1.60 bits per heavy atom. The minimum absolute atomic E-state index is 0.632. The second kappa shape index (κ2) is 3.09. The molecular weight excluding hydrogens is 257 g/mol. The third-order valence-corrected chi connectivity index (χ3v) is 5.55. The zero-order chi connectivity index (χ0) is 4.28. The van der Waals surface area contributed by atoms with Gasteiger partial charge < -0.3 is 0 Å². The molecule has 0 aromatic heterocycles. The van der Waals surface area contributed by atoms with Crippen molar-refractivity contribution in [2.24, 2.45) is 0 Å². The van der Waals surface area contributed by atoms with Gasteiger partial charge >= 0.3 is 42.1 Å². The van der Waals surface area contributed by atoms with Crippen LogP contribution in [-0.4, -0.2) is 21.8 Å². The van der Waals surface area contributed by atoms with Gasteiger partial charge in [-0.15, -0.1) is 0 Å². The molecule has 0 spiro atoms. The Labute approximate surface area is 42.3 Å². The van der Waals surface area contributed by atoms with Crippen LogP contribution < -0.4 is 0 Å². The first-order valence-electron chi connectivity index (χ1n) is 1.92.